The van der Waals surface area contributed by atoms with Crippen LogP contribution in [0, 0.1) is 6.92 Å². The van der Waals surface area contributed by atoms with Crippen molar-refractivity contribution in [3.63, 3.8) is 0 Å². The number of aryl methyl sites for hydroxylation is 1. The number of esters is 1. The first-order valence-corrected chi connectivity index (χ1v) is 16.9. The number of methoxy groups -OCH3 is 1. The van der Waals surface area contributed by atoms with Crippen LogP contribution in [0.15, 0.2) is 54.9 Å². The maximum absolute atomic E-state index is 13.1. The SMILES string of the molecule is CCO[C@@H](CN(C)C(=O)OC(C)(C)C)Cn1c(C)nc2ccnc(-c3ccnc(N[C@H]4C[C@@H](C(=O)OC)N(C(=O)OCc5ccccc5)C4)n3)c21. The first-order chi connectivity index (χ1) is 24.4. The number of amides is 2. The minimum absolute atomic E-state index is 0.0771. The van der Waals surface area contributed by atoms with Gasteiger partial charge in [0, 0.05) is 45.1 Å². The van der Waals surface area contributed by atoms with Gasteiger partial charge in [-0.25, -0.2) is 29.3 Å². The maximum atomic E-state index is 13.1. The molecule has 5 rings (SSSR count). The third-order valence-corrected chi connectivity index (χ3v) is 8.26. The Morgan fingerprint density at radius 3 is 2.51 bits per heavy atom. The van der Waals surface area contributed by atoms with Crippen molar-refractivity contribution in [1.82, 2.24) is 34.3 Å². The highest BCUT2D eigenvalue weighted by Gasteiger charge is 2.41. The first-order valence-electron chi connectivity index (χ1n) is 16.9. The highest BCUT2D eigenvalue weighted by molar-refractivity contribution is 5.89. The molecule has 15 heteroatoms. The fourth-order valence-electron chi connectivity index (χ4n) is 5.98. The van der Waals surface area contributed by atoms with Crippen molar-refractivity contribution in [3.05, 3.63) is 66.2 Å². The molecule has 15 nitrogen and oxygen atoms in total. The minimum Gasteiger partial charge on any atom is -0.467 e. The molecule has 0 radical (unpaired) electrons. The van der Waals surface area contributed by atoms with E-state index in [1.165, 1.54) is 16.9 Å². The third-order valence-electron chi connectivity index (χ3n) is 8.26. The number of ether oxygens (including phenoxy) is 4. The molecule has 0 unspecified atom stereocenters. The molecule has 4 heterocycles. The topological polar surface area (TPSA) is 163 Å². The predicted octanol–water partition coefficient (Wildman–Crippen LogP) is 4.83. The van der Waals surface area contributed by atoms with E-state index in [0.29, 0.717) is 37.0 Å². The number of hydrogen-bond donors (Lipinski definition) is 1. The van der Waals surface area contributed by atoms with Crippen molar-refractivity contribution in [3.8, 4) is 11.4 Å². The van der Waals surface area contributed by atoms with Gasteiger partial charge in [0.05, 0.1) is 43.0 Å². The molecular weight excluding hydrogens is 656 g/mol. The molecule has 1 aliphatic heterocycles. The third kappa shape index (κ3) is 9.28. The summed E-state index contributed by atoms with van der Waals surface area (Å²) >= 11 is 0. The summed E-state index contributed by atoms with van der Waals surface area (Å²) in [4.78, 5) is 60.1. The number of fused-ring (bicyclic) bond motifs is 1. The molecule has 272 valence electrons. The van der Waals surface area contributed by atoms with Crippen LogP contribution in [0.2, 0.25) is 0 Å². The lowest BCUT2D eigenvalue weighted by Gasteiger charge is -2.28. The maximum Gasteiger partial charge on any atom is 0.410 e. The van der Waals surface area contributed by atoms with Gasteiger partial charge in [0.15, 0.2) is 0 Å². The van der Waals surface area contributed by atoms with E-state index in [1.807, 2.05) is 75.6 Å². The van der Waals surface area contributed by atoms with Crippen molar-refractivity contribution in [2.45, 2.75) is 78.0 Å². The monoisotopic (exact) mass is 702 g/mol. The molecule has 0 aliphatic carbocycles. The number of hydrogen-bond acceptors (Lipinski definition) is 12. The molecular formula is C36H46N8O7. The summed E-state index contributed by atoms with van der Waals surface area (Å²) in [6, 6.07) is 11.7. The first kappa shape index (κ1) is 37.0. The lowest BCUT2D eigenvalue weighted by Crippen LogP contribution is -2.41. The number of carbonyl (C=O) groups excluding carboxylic acids is 3. The Bertz CT molecular complexity index is 1830. The van der Waals surface area contributed by atoms with E-state index < -0.39 is 29.8 Å². The van der Waals surface area contributed by atoms with Crippen LogP contribution in [0.3, 0.4) is 0 Å². The number of nitrogens with one attached hydrogen (secondary N) is 1. The Kier molecular flexibility index (Phi) is 11.7. The smallest absolute Gasteiger partial charge is 0.410 e. The number of anilines is 1. The van der Waals surface area contributed by atoms with Gasteiger partial charge >= 0.3 is 18.2 Å². The molecule has 0 bridgehead atoms. The van der Waals surface area contributed by atoms with Crippen LogP contribution in [0.4, 0.5) is 15.5 Å². The highest BCUT2D eigenvalue weighted by Crippen LogP contribution is 2.28. The van der Waals surface area contributed by atoms with Gasteiger partial charge in [-0.05, 0) is 52.3 Å². The van der Waals surface area contributed by atoms with Gasteiger partial charge in [-0.3, -0.25) is 9.88 Å². The number of nitrogens with zero attached hydrogens (tertiary/aromatic N) is 7. The van der Waals surface area contributed by atoms with Crippen LogP contribution in [-0.2, 0) is 36.9 Å². The lowest BCUT2D eigenvalue weighted by molar-refractivity contribution is -0.145. The van der Waals surface area contributed by atoms with Gasteiger partial charge in [0.25, 0.3) is 0 Å². The van der Waals surface area contributed by atoms with E-state index >= 15 is 0 Å². The largest absolute Gasteiger partial charge is 0.467 e. The van der Waals surface area contributed by atoms with Crippen LogP contribution in [0.5, 0.6) is 0 Å². The number of carbonyl (C=O) groups is 3. The molecule has 2 amide bonds. The molecule has 0 saturated carbocycles. The highest BCUT2D eigenvalue weighted by atomic mass is 16.6. The zero-order valence-corrected chi connectivity index (χ0v) is 30.2. The summed E-state index contributed by atoms with van der Waals surface area (Å²) in [6.07, 6.45) is 2.15. The summed E-state index contributed by atoms with van der Waals surface area (Å²) in [5.74, 6) is 0.511. The molecule has 1 saturated heterocycles. The molecule has 1 aliphatic rings. The minimum atomic E-state index is -0.834. The molecule has 1 N–H and O–H groups in total. The zero-order chi connectivity index (χ0) is 36.7. The number of imidazole rings is 1. The van der Waals surface area contributed by atoms with Crippen molar-refractivity contribution >= 4 is 35.1 Å². The number of likely N-dealkylation sites (tertiary alicyclic amines) is 1. The lowest BCUT2D eigenvalue weighted by atomic mass is 10.2. The molecule has 0 spiro atoms. The predicted molar refractivity (Wildman–Crippen MR) is 189 cm³/mol. The van der Waals surface area contributed by atoms with Crippen molar-refractivity contribution in [2.24, 2.45) is 0 Å². The van der Waals surface area contributed by atoms with Gasteiger partial charge in [-0.1, -0.05) is 30.3 Å². The standard InChI is InChI=1S/C36H46N8O7/c1-8-49-26(20-42(6)34(46)51-36(3,4)5)21-43-23(2)39-28-15-16-37-30(31(28)43)27-14-17-38-33(41-27)40-25-18-29(32(45)48-7)44(19-25)35(47)50-22-24-12-10-9-11-13-24/h9-17,25-26,29H,8,18-22H2,1-7H3,(H,38,40,41)/t25-,26-,29-/m0/s1. The molecule has 1 fully saturated rings. The average Bonchev–Trinajstić information content (AvgIpc) is 3.67. The van der Waals surface area contributed by atoms with Gasteiger partial charge in [0.1, 0.15) is 29.8 Å². The second-order valence-corrected chi connectivity index (χ2v) is 13.3. The van der Waals surface area contributed by atoms with Crippen molar-refractivity contribution in [2.75, 3.05) is 39.2 Å². The number of pyridine rings is 1. The fraction of sp³-hybridized carbons (Fsp3) is 0.472. The number of likely N-dealkylation sites (N-methyl/N-ethyl adjacent to an activating group) is 1. The summed E-state index contributed by atoms with van der Waals surface area (Å²) in [7, 11) is 2.98. The van der Waals surface area contributed by atoms with E-state index in [4.69, 9.17) is 33.9 Å². The zero-order valence-electron chi connectivity index (χ0n) is 30.2. The Labute approximate surface area is 297 Å². The Morgan fingerprint density at radius 2 is 1.80 bits per heavy atom. The Hall–Kier alpha value is -5.31. The van der Waals surface area contributed by atoms with Gasteiger partial charge < -0.3 is 33.7 Å². The fourth-order valence-corrected chi connectivity index (χ4v) is 5.98. The Morgan fingerprint density at radius 1 is 1.06 bits per heavy atom. The second kappa shape index (κ2) is 16.1. The molecule has 3 atom stereocenters. The Balaban J connectivity index is 1.35. The van der Waals surface area contributed by atoms with Crippen LogP contribution in [-0.4, -0.2) is 110 Å². The van der Waals surface area contributed by atoms with E-state index in [2.05, 4.69) is 10.3 Å². The van der Waals surface area contributed by atoms with Crippen LogP contribution >= 0.6 is 0 Å². The van der Waals surface area contributed by atoms with Crippen LogP contribution in [0.25, 0.3) is 22.4 Å². The molecule has 51 heavy (non-hydrogen) atoms. The molecule has 4 aromatic rings. The van der Waals surface area contributed by atoms with Gasteiger partial charge in [0.2, 0.25) is 5.95 Å². The second-order valence-electron chi connectivity index (χ2n) is 13.3. The van der Waals surface area contributed by atoms with E-state index in [0.717, 1.165) is 22.4 Å². The van der Waals surface area contributed by atoms with E-state index in [-0.39, 0.29) is 31.7 Å². The normalized spacial score (nSPS) is 16.5. The van der Waals surface area contributed by atoms with Crippen molar-refractivity contribution < 1.29 is 33.3 Å². The number of benzene rings is 1. The molecule has 1 aromatic carbocycles. The average molecular weight is 703 g/mol. The quantitative estimate of drug-likeness (QED) is 0.158. The summed E-state index contributed by atoms with van der Waals surface area (Å²) < 4.78 is 24.2. The van der Waals surface area contributed by atoms with Gasteiger partial charge in [-0.2, -0.15) is 0 Å². The van der Waals surface area contributed by atoms with E-state index in [9.17, 15) is 14.4 Å². The van der Waals surface area contributed by atoms with Crippen LogP contribution < -0.4 is 5.32 Å². The van der Waals surface area contributed by atoms with Crippen molar-refractivity contribution in [1.29, 1.82) is 0 Å². The van der Waals surface area contributed by atoms with Crippen LogP contribution in [0.1, 0.15) is 45.5 Å². The van der Waals surface area contributed by atoms with E-state index in [1.54, 1.807) is 25.5 Å². The summed E-state index contributed by atoms with van der Waals surface area (Å²) in [5.41, 5.74) is 2.82. The number of aromatic nitrogens is 5. The molecule has 3 aromatic heterocycles. The summed E-state index contributed by atoms with van der Waals surface area (Å²) in [6.45, 7) is 10.7. The summed E-state index contributed by atoms with van der Waals surface area (Å²) in [5, 5.41) is 3.28. The van der Waals surface area contributed by atoms with Gasteiger partial charge in [-0.15, -0.1) is 0 Å². The number of rotatable bonds is 12.